The van der Waals surface area contributed by atoms with Gasteiger partial charge in [0, 0.05) is 24.1 Å². The van der Waals surface area contributed by atoms with E-state index in [-0.39, 0.29) is 5.82 Å². The molecule has 1 aromatic carbocycles. The third-order valence-electron chi connectivity index (χ3n) is 2.64. The van der Waals surface area contributed by atoms with Crippen LogP contribution < -0.4 is 10.2 Å². The van der Waals surface area contributed by atoms with Crippen molar-refractivity contribution >= 4 is 33.2 Å². The van der Waals surface area contributed by atoms with Crippen molar-refractivity contribution in [2.45, 2.75) is 6.42 Å². The summed E-state index contributed by atoms with van der Waals surface area (Å²) in [4.78, 5) is 2.19. The number of rotatable bonds is 1. The molecule has 0 unspecified atom stereocenters. The molecule has 88 valence electrons. The van der Waals surface area contributed by atoms with Gasteiger partial charge in [-0.25, -0.2) is 4.39 Å². The van der Waals surface area contributed by atoms with E-state index in [1.54, 1.807) is 0 Å². The first kappa shape index (κ1) is 12.1. The van der Waals surface area contributed by atoms with Gasteiger partial charge in [0.1, 0.15) is 5.82 Å². The minimum atomic E-state index is -0.312. The number of halogens is 3. The predicted molar refractivity (Wildman–Crippen MR) is 68.8 cm³/mol. The van der Waals surface area contributed by atoms with Gasteiger partial charge in [0.05, 0.1) is 10.7 Å². The van der Waals surface area contributed by atoms with E-state index in [0.717, 1.165) is 42.8 Å². The van der Waals surface area contributed by atoms with Crippen LogP contribution in [0.4, 0.5) is 10.1 Å². The summed E-state index contributed by atoms with van der Waals surface area (Å²) >= 11 is 9.46. The molecule has 1 fully saturated rings. The van der Waals surface area contributed by atoms with Gasteiger partial charge in [-0.1, -0.05) is 11.6 Å². The lowest BCUT2D eigenvalue weighted by molar-refractivity contribution is 0.626. The normalized spacial score (nSPS) is 17.3. The smallest absolute Gasteiger partial charge is 0.125 e. The lowest BCUT2D eigenvalue weighted by atomic mass is 10.2. The first-order chi connectivity index (χ1) is 7.68. The average Bonchev–Trinajstić information content (AvgIpc) is 2.44. The zero-order valence-corrected chi connectivity index (χ0v) is 11.1. The van der Waals surface area contributed by atoms with Crippen molar-refractivity contribution < 1.29 is 4.39 Å². The molecule has 1 heterocycles. The molecule has 0 spiro atoms. The van der Waals surface area contributed by atoms with E-state index >= 15 is 0 Å². The molecule has 0 aliphatic carbocycles. The van der Waals surface area contributed by atoms with Crippen LogP contribution in [0.5, 0.6) is 0 Å². The Bertz CT molecular complexity index is 355. The summed E-state index contributed by atoms with van der Waals surface area (Å²) in [5.41, 5.74) is 0.895. The van der Waals surface area contributed by atoms with E-state index in [9.17, 15) is 4.39 Å². The quantitative estimate of drug-likeness (QED) is 0.858. The molecule has 5 heteroatoms. The molecule has 1 saturated heterocycles. The lowest BCUT2D eigenvalue weighted by Gasteiger charge is -2.24. The maximum atomic E-state index is 13.1. The number of nitrogens with zero attached hydrogens (tertiary/aromatic N) is 1. The summed E-state index contributed by atoms with van der Waals surface area (Å²) in [6.07, 6.45) is 1.07. The second-order valence-electron chi connectivity index (χ2n) is 3.81. The van der Waals surface area contributed by atoms with Crippen molar-refractivity contribution in [2.75, 3.05) is 31.1 Å². The first-order valence-electron chi connectivity index (χ1n) is 5.28. The van der Waals surface area contributed by atoms with E-state index in [4.69, 9.17) is 11.6 Å². The minimum Gasteiger partial charge on any atom is -0.368 e. The number of nitrogens with one attached hydrogen (secondary N) is 1. The fourth-order valence-corrected chi connectivity index (χ4v) is 3.03. The van der Waals surface area contributed by atoms with Gasteiger partial charge in [-0.3, -0.25) is 0 Å². The molecule has 0 aromatic heterocycles. The molecule has 2 nitrogen and oxygen atoms in total. The van der Waals surface area contributed by atoms with Crippen LogP contribution in [0.3, 0.4) is 0 Å². The van der Waals surface area contributed by atoms with Gasteiger partial charge >= 0.3 is 0 Å². The molecule has 1 aliphatic rings. The van der Waals surface area contributed by atoms with Crippen LogP contribution in [-0.2, 0) is 0 Å². The Morgan fingerprint density at radius 1 is 1.31 bits per heavy atom. The van der Waals surface area contributed by atoms with Crippen molar-refractivity contribution in [3.05, 3.63) is 27.4 Å². The highest BCUT2D eigenvalue weighted by molar-refractivity contribution is 9.10. The standard InChI is InChI=1S/C11H13BrClFN2/c12-9-6-8(14)7-10(13)11(9)16-4-1-2-15-3-5-16/h6-7,15H,1-5H2. The van der Waals surface area contributed by atoms with Crippen LogP contribution >= 0.6 is 27.5 Å². The van der Waals surface area contributed by atoms with Crippen molar-refractivity contribution in [1.29, 1.82) is 0 Å². The number of anilines is 1. The van der Waals surface area contributed by atoms with Gasteiger partial charge in [0.2, 0.25) is 0 Å². The highest BCUT2D eigenvalue weighted by Crippen LogP contribution is 2.35. The molecule has 0 amide bonds. The molecule has 0 radical (unpaired) electrons. The molecule has 0 bridgehead atoms. The average molecular weight is 308 g/mol. The SMILES string of the molecule is Fc1cc(Cl)c(N2CCCNCC2)c(Br)c1. The summed E-state index contributed by atoms with van der Waals surface area (Å²) in [7, 11) is 0. The summed E-state index contributed by atoms with van der Waals surface area (Å²) in [6, 6.07) is 2.82. The highest BCUT2D eigenvalue weighted by atomic mass is 79.9. The summed E-state index contributed by atoms with van der Waals surface area (Å²) < 4.78 is 13.8. The van der Waals surface area contributed by atoms with Crippen LogP contribution in [0.15, 0.2) is 16.6 Å². The molecule has 1 aromatic rings. The number of hydrogen-bond donors (Lipinski definition) is 1. The number of benzene rings is 1. The van der Waals surface area contributed by atoms with E-state index < -0.39 is 0 Å². The zero-order chi connectivity index (χ0) is 11.5. The van der Waals surface area contributed by atoms with Gasteiger partial charge in [0.25, 0.3) is 0 Å². The third kappa shape index (κ3) is 2.67. The molecule has 0 atom stereocenters. The molecule has 1 aliphatic heterocycles. The van der Waals surface area contributed by atoms with Gasteiger partial charge < -0.3 is 10.2 Å². The van der Waals surface area contributed by atoms with Gasteiger partial charge in [-0.2, -0.15) is 0 Å². The fraction of sp³-hybridized carbons (Fsp3) is 0.455. The van der Waals surface area contributed by atoms with Crippen LogP contribution in [0.2, 0.25) is 5.02 Å². The summed E-state index contributed by atoms with van der Waals surface area (Å²) in [5, 5.41) is 3.79. The molecule has 2 rings (SSSR count). The van der Waals surface area contributed by atoms with Crippen molar-refractivity contribution in [3.63, 3.8) is 0 Å². The Morgan fingerprint density at radius 3 is 2.88 bits per heavy atom. The second kappa shape index (κ2) is 5.34. The Labute approximate surface area is 108 Å². The topological polar surface area (TPSA) is 15.3 Å². The third-order valence-corrected chi connectivity index (χ3v) is 3.53. The maximum Gasteiger partial charge on any atom is 0.125 e. The Balaban J connectivity index is 2.31. The largest absolute Gasteiger partial charge is 0.368 e. The first-order valence-corrected chi connectivity index (χ1v) is 6.46. The van der Waals surface area contributed by atoms with Gasteiger partial charge in [0.15, 0.2) is 0 Å². The monoisotopic (exact) mass is 306 g/mol. The Morgan fingerprint density at radius 2 is 2.12 bits per heavy atom. The fourth-order valence-electron chi connectivity index (χ4n) is 1.91. The highest BCUT2D eigenvalue weighted by Gasteiger charge is 2.16. The van der Waals surface area contributed by atoms with Crippen molar-refractivity contribution in [3.8, 4) is 0 Å². The molecule has 0 saturated carbocycles. The number of hydrogen-bond acceptors (Lipinski definition) is 2. The predicted octanol–water partition coefficient (Wildman–Crippen LogP) is 3.04. The zero-order valence-electron chi connectivity index (χ0n) is 8.77. The van der Waals surface area contributed by atoms with E-state index in [1.165, 1.54) is 12.1 Å². The molecule has 16 heavy (non-hydrogen) atoms. The second-order valence-corrected chi connectivity index (χ2v) is 5.07. The van der Waals surface area contributed by atoms with Crippen LogP contribution in [0, 0.1) is 5.82 Å². The molecular weight excluding hydrogens is 294 g/mol. The lowest BCUT2D eigenvalue weighted by Crippen LogP contribution is -2.28. The van der Waals surface area contributed by atoms with Crippen molar-refractivity contribution in [2.24, 2.45) is 0 Å². The maximum absolute atomic E-state index is 13.1. The van der Waals surface area contributed by atoms with E-state index in [2.05, 4.69) is 26.1 Å². The summed E-state index contributed by atoms with van der Waals surface area (Å²) in [6.45, 7) is 3.79. The van der Waals surface area contributed by atoms with Crippen LogP contribution in [0.1, 0.15) is 6.42 Å². The van der Waals surface area contributed by atoms with E-state index in [0.29, 0.717) is 5.02 Å². The van der Waals surface area contributed by atoms with Crippen LogP contribution in [0.25, 0.3) is 0 Å². The Hall–Kier alpha value is -0.320. The Kier molecular flexibility index (Phi) is 4.05. The van der Waals surface area contributed by atoms with Gasteiger partial charge in [-0.05, 0) is 41.0 Å². The minimum absolute atomic E-state index is 0.312. The van der Waals surface area contributed by atoms with Crippen LogP contribution in [-0.4, -0.2) is 26.2 Å². The summed E-state index contributed by atoms with van der Waals surface area (Å²) in [5.74, 6) is -0.312. The van der Waals surface area contributed by atoms with Crippen molar-refractivity contribution in [1.82, 2.24) is 5.32 Å². The molecular formula is C11H13BrClFN2. The van der Waals surface area contributed by atoms with Gasteiger partial charge in [-0.15, -0.1) is 0 Å². The molecule has 1 N–H and O–H groups in total. The van der Waals surface area contributed by atoms with E-state index in [1.807, 2.05) is 0 Å².